The van der Waals surface area contributed by atoms with Gasteiger partial charge in [-0.1, -0.05) is 6.92 Å². The van der Waals surface area contributed by atoms with E-state index >= 15 is 0 Å². The normalized spacial score (nSPS) is 10.3. The standard InChI is InChI=1S/C8H15N7O2S3.C3H7NO/c9-6(15-20(12,16)17)1-2-18-3-5-4-19-8(13-5)14-7(10)11;1-2-3(4)5/h4H,1-3H2,(H2,9,15)(H2,12,16,17)(H4,10,11,13,14);2H2,1H3,(H2,4,5). The summed E-state index contributed by atoms with van der Waals surface area (Å²) in [6, 6.07) is 0. The number of hydrogen-bond donors (Lipinski definition) is 7. The number of thiazole rings is 1. The average Bonchev–Trinajstić information content (AvgIpc) is 2.89. The van der Waals surface area contributed by atoms with Crippen LogP contribution in [0.4, 0.5) is 5.13 Å². The highest BCUT2D eigenvalue weighted by atomic mass is 32.2. The predicted octanol–water partition coefficient (Wildman–Crippen LogP) is -0.276. The van der Waals surface area contributed by atoms with Gasteiger partial charge >= 0.3 is 0 Å². The van der Waals surface area contributed by atoms with Crippen molar-refractivity contribution in [2.24, 2.45) is 16.6 Å². The molecule has 142 valence electrons. The topological polar surface area (TPSA) is 214 Å². The molecule has 11 nitrogen and oxygen atoms in total. The highest BCUT2D eigenvalue weighted by Gasteiger charge is 2.06. The van der Waals surface area contributed by atoms with E-state index in [2.05, 4.69) is 16.0 Å². The first-order chi connectivity index (χ1) is 11.5. The van der Waals surface area contributed by atoms with Gasteiger partial charge in [0, 0.05) is 29.7 Å². The van der Waals surface area contributed by atoms with E-state index in [-0.39, 0.29) is 24.1 Å². The summed E-state index contributed by atoms with van der Waals surface area (Å²) < 4.78 is 23.2. The molecule has 0 saturated heterocycles. The highest BCUT2D eigenvalue weighted by Crippen LogP contribution is 2.19. The third-order valence-corrected chi connectivity index (χ3v) is 4.48. The zero-order chi connectivity index (χ0) is 19.5. The van der Waals surface area contributed by atoms with Crippen molar-refractivity contribution in [2.45, 2.75) is 25.5 Å². The van der Waals surface area contributed by atoms with E-state index in [9.17, 15) is 13.2 Å². The number of nitrogens with zero attached hydrogens (tertiary/aromatic N) is 1. The SMILES string of the molecule is CCC(N)=O.N=C(N)Nc1nc(CSCCC(=N)NS(N)(=O)=O)cs1. The fraction of sp³-hybridized carbons (Fsp3) is 0.455. The number of guanidine groups is 1. The van der Waals surface area contributed by atoms with Crippen LogP contribution in [0.3, 0.4) is 0 Å². The van der Waals surface area contributed by atoms with Gasteiger partial charge in [0.25, 0.3) is 10.2 Å². The molecule has 0 aliphatic carbocycles. The third kappa shape index (κ3) is 14.2. The minimum Gasteiger partial charge on any atom is -0.370 e. The maximum atomic E-state index is 10.7. The van der Waals surface area contributed by atoms with Gasteiger partial charge in [0.05, 0.1) is 5.69 Å². The Balaban J connectivity index is 0.00000101. The highest BCUT2D eigenvalue weighted by molar-refractivity contribution is 7.98. The molecule has 14 heteroatoms. The molecule has 0 bridgehead atoms. The fourth-order valence-electron chi connectivity index (χ4n) is 1.12. The second-order valence-electron chi connectivity index (χ2n) is 4.43. The first-order valence-corrected chi connectivity index (χ1v) is 10.4. The molecule has 0 spiro atoms. The number of hydrogen-bond acceptors (Lipinski definition) is 8. The van der Waals surface area contributed by atoms with Crippen molar-refractivity contribution in [1.82, 2.24) is 9.71 Å². The fourth-order valence-corrected chi connectivity index (χ4v) is 3.24. The van der Waals surface area contributed by atoms with E-state index in [1.165, 1.54) is 23.1 Å². The molecule has 1 rings (SSSR count). The van der Waals surface area contributed by atoms with E-state index in [0.717, 1.165) is 5.69 Å². The number of anilines is 1. The molecular weight excluding hydrogens is 388 g/mol. The molecule has 1 amide bonds. The van der Waals surface area contributed by atoms with E-state index in [4.69, 9.17) is 21.7 Å². The van der Waals surface area contributed by atoms with Gasteiger partial charge in [0.2, 0.25) is 5.91 Å². The van der Waals surface area contributed by atoms with E-state index in [1.807, 2.05) is 10.1 Å². The van der Waals surface area contributed by atoms with Gasteiger partial charge < -0.3 is 16.8 Å². The lowest BCUT2D eigenvalue weighted by Crippen LogP contribution is -2.35. The summed E-state index contributed by atoms with van der Waals surface area (Å²) in [5.74, 6) is 0.635. The summed E-state index contributed by atoms with van der Waals surface area (Å²) in [5, 5.41) is 24.2. The van der Waals surface area contributed by atoms with Gasteiger partial charge in [-0.2, -0.15) is 20.2 Å². The third-order valence-electron chi connectivity index (χ3n) is 2.15. The smallest absolute Gasteiger partial charge is 0.297 e. The van der Waals surface area contributed by atoms with E-state index in [1.54, 1.807) is 6.92 Å². The van der Waals surface area contributed by atoms with Crippen LogP contribution in [0, 0.1) is 10.8 Å². The zero-order valence-corrected chi connectivity index (χ0v) is 16.0. The van der Waals surface area contributed by atoms with Gasteiger partial charge in [-0.25, -0.2) is 10.1 Å². The second kappa shape index (κ2) is 11.6. The zero-order valence-electron chi connectivity index (χ0n) is 13.5. The van der Waals surface area contributed by atoms with E-state index in [0.29, 0.717) is 23.1 Å². The molecule has 0 aliphatic rings. The van der Waals surface area contributed by atoms with Gasteiger partial charge in [-0.15, -0.1) is 11.3 Å². The summed E-state index contributed by atoms with van der Waals surface area (Å²) in [7, 11) is -3.86. The van der Waals surface area contributed by atoms with Crippen LogP contribution in [0.15, 0.2) is 5.38 Å². The van der Waals surface area contributed by atoms with Crippen molar-refractivity contribution in [3.8, 4) is 0 Å². The monoisotopic (exact) mass is 410 g/mol. The molecule has 0 atom stereocenters. The summed E-state index contributed by atoms with van der Waals surface area (Å²) in [6.07, 6.45) is 0.712. The van der Waals surface area contributed by atoms with Crippen LogP contribution >= 0.6 is 23.1 Å². The molecular formula is C11H22N8O3S3. The Hall–Kier alpha value is -1.90. The largest absolute Gasteiger partial charge is 0.370 e. The molecule has 1 heterocycles. The minimum atomic E-state index is -3.86. The van der Waals surface area contributed by atoms with Crippen molar-refractivity contribution in [3.63, 3.8) is 0 Å². The number of amides is 1. The molecule has 0 radical (unpaired) electrons. The summed E-state index contributed by atoms with van der Waals surface area (Å²) in [4.78, 5) is 13.8. The number of nitrogens with one attached hydrogen (secondary N) is 4. The molecule has 1 aromatic rings. The summed E-state index contributed by atoms with van der Waals surface area (Å²) >= 11 is 2.85. The Morgan fingerprint density at radius 3 is 2.48 bits per heavy atom. The molecule has 0 saturated carbocycles. The quantitative estimate of drug-likeness (QED) is 0.173. The lowest BCUT2D eigenvalue weighted by atomic mass is 10.5. The van der Waals surface area contributed by atoms with Crippen molar-refractivity contribution >= 4 is 56.1 Å². The van der Waals surface area contributed by atoms with Crippen LogP contribution < -0.4 is 26.6 Å². The number of primary amides is 1. The maximum absolute atomic E-state index is 10.7. The Bertz CT molecular complexity index is 688. The number of aromatic nitrogens is 1. The Morgan fingerprint density at radius 1 is 1.40 bits per heavy atom. The van der Waals surface area contributed by atoms with Crippen LogP contribution in [0.2, 0.25) is 0 Å². The Kier molecular flexibility index (Phi) is 10.7. The molecule has 25 heavy (non-hydrogen) atoms. The van der Waals surface area contributed by atoms with Gasteiger partial charge in [0.1, 0.15) is 5.84 Å². The Labute approximate surface area is 154 Å². The average molecular weight is 411 g/mol. The van der Waals surface area contributed by atoms with E-state index < -0.39 is 10.2 Å². The molecule has 10 N–H and O–H groups in total. The summed E-state index contributed by atoms with van der Waals surface area (Å²) in [5.41, 5.74) is 10.7. The number of nitrogens with two attached hydrogens (primary N) is 3. The molecule has 1 aromatic heterocycles. The second-order valence-corrected chi connectivity index (χ2v) is 7.69. The first kappa shape index (κ1) is 23.1. The molecule has 0 unspecified atom stereocenters. The lowest BCUT2D eigenvalue weighted by molar-refractivity contribution is -0.117. The van der Waals surface area contributed by atoms with Gasteiger partial charge in [-0.3, -0.25) is 20.3 Å². The molecule has 0 fully saturated rings. The lowest BCUT2D eigenvalue weighted by Gasteiger charge is -2.04. The van der Waals surface area contributed by atoms with Gasteiger partial charge in [-0.05, 0) is 0 Å². The predicted molar refractivity (Wildman–Crippen MR) is 102 cm³/mol. The van der Waals surface area contributed by atoms with Crippen LogP contribution in [0.5, 0.6) is 0 Å². The van der Waals surface area contributed by atoms with Crippen LogP contribution in [0.1, 0.15) is 25.5 Å². The van der Waals surface area contributed by atoms with Crippen molar-refractivity contribution in [3.05, 3.63) is 11.1 Å². The Morgan fingerprint density at radius 2 is 2.00 bits per heavy atom. The number of carbonyl (C=O) groups is 1. The minimum absolute atomic E-state index is 0.141. The van der Waals surface area contributed by atoms with Crippen LogP contribution in [-0.2, 0) is 20.8 Å². The number of carbonyl (C=O) groups excluding carboxylic acids is 1. The summed E-state index contributed by atoms with van der Waals surface area (Å²) in [6.45, 7) is 1.72. The first-order valence-electron chi connectivity index (χ1n) is 6.83. The molecule has 0 aromatic carbocycles. The number of amidine groups is 1. The number of thioether (sulfide) groups is 1. The number of rotatable bonds is 8. The van der Waals surface area contributed by atoms with Crippen molar-refractivity contribution < 1.29 is 13.2 Å². The van der Waals surface area contributed by atoms with Crippen molar-refractivity contribution in [1.29, 1.82) is 10.8 Å². The van der Waals surface area contributed by atoms with Crippen LogP contribution in [-0.4, -0.2) is 36.9 Å². The maximum Gasteiger partial charge on any atom is 0.297 e. The molecule has 0 aliphatic heterocycles. The van der Waals surface area contributed by atoms with Crippen LogP contribution in [0.25, 0.3) is 0 Å². The van der Waals surface area contributed by atoms with Crippen molar-refractivity contribution in [2.75, 3.05) is 11.1 Å². The van der Waals surface area contributed by atoms with Gasteiger partial charge in [0.15, 0.2) is 11.1 Å².